The molecule has 0 radical (unpaired) electrons. The van der Waals surface area contributed by atoms with Crippen LogP contribution in [0.4, 0.5) is 0 Å². The number of nitrogens with one attached hydrogen (secondary N) is 1. The molecule has 1 fully saturated rings. The minimum atomic E-state index is 0.105. The summed E-state index contributed by atoms with van der Waals surface area (Å²) in [5.41, 5.74) is 2.23. The summed E-state index contributed by atoms with van der Waals surface area (Å²) < 4.78 is 5.69. The Morgan fingerprint density at radius 1 is 1.39 bits per heavy atom. The highest BCUT2D eigenvalue weighted by Gasteiger charge is 2.20. The number of hydrogen-bond acceptors (Lipinski definition) is 4. The van der Waals surface area contributed by atoms with Crippen LogP contribution in [0.2, 0.25) is 0 Å². The van der Waals surface area contributed by atoms with Crippen LogP contribution in [0.3, 0.4) is 0 Å². The molecule has 18 heavy (non-hydrogen) atoms. The number of aryl methyl sites for hydroxylation is 1. The second-order valence-electron chi connectivity index (χ2n) is 6.04. The smallest absolute Gasteiger partial charge is 0.316 e. The lowest BCUT2D eigenvalue weighted by atomic mass is 9.96. The Labute approximate surface area is 109 Å². The average Bonchev–Trinajstić information content (AvgIpc) is 2.21. The number of nitrogens with zero attached hydrogens (tertiary/aromatic N) is 2. The first kappa shape index (κ1) is 13.3. The Bertz CT molecular complexity index is 408. The molecular weight excluding hydrogens is 226 g/mol. The zero-order valence-electron chi connectivity index (χ0n) is 11.8. The number of aromatic nitrogens is 2. The molecule has 0 amide bonds. The van der Waals surface area contributed by atoms with Crippen molar-refractivity contribution in [1.29, 1.82) is 0 Å². The van der Waals surface area contributed by atoms with Gasteiger partial charge in [-0.1, -0.05) is 0 Å². The van der Waals surface area contributed by atoms with Crippen molar-refractivity contribution in [3.05, 3.63) is 17.5 Å². The molecule has 1 saturated carbocycles. The van der Waals surface area contributed by atoms with Gasteiger partial charge in [0.25, 0.3) is 0 Å². The van der Waals surface area contributed by atoms with E-state index in [2.05, 4.69) is 36.1 Å². The van der Waals surface area contributed by atoms with Crippen molar-refractivity contribution >= 4 is 0 Å². The maximum atomic E-state index is 5.69. The van der Waals surface area contributed by atoms with E-state index in [0.29, 0.717) is 12.1 Å². The van der Waals surface area contributed by atoms with Crippen molar-refractivity contribution in [2.45, 2.75) is 65.1 Å². The third kappa shape index (κ3) is 3.67. The summed E-state index contributed by atoms with van der Waals surface area (Å²) in [7, 11) is 0. The van der Waals surface area contributed by atoms with Crippen LogP contribution in [0, 0.1) is 6.92 Å². The first-order chi connectivity index (χ1) is 8.44. The van der Waals surface area contributed by atoms with Crippen LogP contribution in [0.5, 0.6) is 6.01 Å². The Morgan fingerprint density at radius 2 is 2.11 bits per heavy atom. The third-order valence-corrected chi connectivity index (χ3v) is 3.19. The summed E-state index contributed by atoms with van der Waals surface area (Å²) in [4.78, 5) is 8.71. The first-order valence-electron chi connectivity index (χ1n) is 6.68. The molecule has 1 aromatic heterocycles. The lowest BCUT2D eigenvalue weighted by Gasteiger charge is -2.25. The van der Waals surface area contributed by atoms with Crippen molar-refractivity contribution < 1.29 is 4.74 Å². The van der Waals surface area contributed by atoms with Gasteiger partial charge in [0, 0.05) is 29.5 Å². The molecule has 2 rings (SSSR count). The largest absolute Gasteiger partial charge is 0.460 e. The van der Waals surface area contributed by atoms with E-state index < -0.39 is 0 Å². The highest BCUT2D eigenvalue weighted by molar-refractivity contribution is 5.18. The monoisotopic (exact) mass is 249 g/mol. The predicted molar refractivity (Wildman–Crippen MR) is 71.6 cm³/mol. The summed E-state index contributed by atoms with van der Waals surface area (Å²) in [6.45, 7) is 9.25. The molecule has 1 aliphatic rings. The lowest BCUT2D eigenvalue weighted by Crippen LogP contribution is -2.35. The summed E-state index contributed by atoms with van der Waals surface area (Å²) >= 11 is 0. The fourth-order valence-corrected chi connectivity index (χ4v) is 1.70. The summed E-state index contributed by atoms with van der Waals surface area (Å²) in [5, 5.41) is 3.44. The standard InChI is InChI=1S/C14H23N3O/c1-10-11(9-16-14(2,3)4)8-15-13(17-10)18-12-6-5-7-12/h8,12,16H,5-7,9H2,1-4H3. The zero-order valence-corrected chi connectivity index (χ0v) is 11.8. The SMILES string of the molecule is Cc1nc(OC2CCC2)ncc1CNC(C)(C)C. The molecule has 0 atom stereocenters. The van der Waals surface area contributed by atoms with Gasteiger partial charge in [-0.05, 0) is 47.0 Å². The van der Waals surface area contributed by atoms with Crippen LogP contribution in [-0.4, -0.2) is 21.6 Å². The zero-order chi connectivity index (χ0) is 13.2. The van der Waals surface area contributed by atoms with E-state index in [-0.39, 0.29) is 5.54 Å². The normalized spacial score (nSPS) is 16.4. The van der Waals surface area contributed by atoms with Crippen molar-refractivity contribution in [2.75, 3.05) is 0 Å². The molecule has 0 saturated heterocycles. The Kier molecular flexibility index (Phi) is 3.85. The average molecular weight is 249 g/mol. The molecule has 0 bridgehead atoms. The van der Waals surface area contributed by atoms with Gasteiger partial charge in [-0.25, -0.2) is 9.97 Å². The van der Waals surface area contributed by atoms with Gasteiger partial charge in [0.15, 0.2) is 0 Å². The maximum absolute atomic E-state index is 5.69. The molecule has 1 N–H and O–H groups in total. The van der Waals surface area contributed by atoms with Crippen LogP contribution in [0.25, 0.3) is 0 Å². The van der Waals surface area contributed by atoms with Crippen molar-refractivity contribution in [1.82, 2.24) is 15.3 Å². The van der Waals surface area contributed by atoms with Crippen molar-refractivity contribution in [3.8, 4) is 6.01 Å². The number of hydrogen-bond donors (Lipinski definition) is 1. The van der Waals surface area contributed by atoms with Crippen LogP contribution in [0.1, 0.15) is 51.3 Å². The molecule has 1 heterocycles. The maximum Gasteiger partial charge on any atom is 0.316 e. The van der Waals surface area contributed by atoms with Gasteiger partial charge in [0.2, 0.25) is 0 Å². The molecular formula is C14H23N3O. The minimum absolute atomic E-state index is 0.105. The van der Waals surface area contributed by atoms with E-state index in [1.54, 1.807) is 0 Å². The lowest BCUT2D eigenvalue weighted by molar-refractivity contribution is 0.108. The molecule has 0 spiro atoms. The van der Waals surface area contributed by atoms with E-state index in [1.807, 2.05) is 13.1 Å². The molecule has 0 unspecified atom stereocenters. The van der Waals surface area contributed by atoms with Crippen LogP contribution in [0.15, 0.2) is 6.20 Å². The van der Waals surface area contributed by atoms with E-state index in [1.165, 1.54) is 6.42 Å². The molecule has 1 aliphatic carbocycles. The van der Waals surface area contributed by atoms with Crippen molar-refractivity contribution in [3.63, 3.8) is 0 Å². The van der Waals surface area contributed by atoms with E-state index in [0.717, 1.165) is 30.6 Å². The second kappa shape index (κ2) is 5.22. The molecule has 1 aromatic rings. The molecule has 4 heteroatoms. The fourth-order valence-electron chi connectivity index (χ4n) is 1.70. The van der Waals surface area contributed by atoms with Crippen LogP contribution < -0.4 is 10.1 Å². The summed E-state index contributed by atoms with van der Waals surface area (Å²) in [5.74, 6) is 0. The van der Waals surface area contributed by atoms with Gasteiger partial charge in [-0.15, -0.1) is 0 Å². The third-order valence-electron chi connectivity index (χ3n) is 3.19. The van der Waals surface area contributed by atoms with Crippen molar-refractivity contribution in [2.24, 2.45) is 0 Å². The van der Waals surface area contributed by atoms with E-state index in [9.17, 15) is 0 Å². The van der Waals surface area contributed by atoms with Gasteiger partial charge in [-0.3, -0.25) is 0 Å². The number of rotatable bonds is 4. The molecule has 0 aromatic carbocycles. The number of ether oxygens (including phenoxy) is 1. The van der Waals surface area contributed by atoms with Gasteiger partial charge in [-0.2, -0.15) is 0 Å². The van der Waals surface area contributed by atoms with E-state index >= 15 is 0 Å². The van der Waals surface area contributed by atoms with Crippen LogP contribution >= 0.6 is 0 Å². The van der Waals surface area contributed by atoms with Crippen LogP contribution in [-0.2, 0) is 6.54 Å². The van der Waals surface area contributed by atoms with Gasteiger partial charge >= 0.3 is 6.01 Å². The quantitative estimate of drug-likeness (QED) is 0.891. The topological polar surface area (TPSA) is 47.0 Å². The van der Waals surface area contributed by atoms with E-state index in [4.69, 9.17) is 4.74 Å². The fraction of sp³-hybridized carbons (Fsp3) is 0.714. The Balaban J connectivity index is 1.96. The first-order valence-corrected chi connectivity index (χ1v) is 6.68. The molecule has 100 valence electrons. The van der Waals surface area contributed by atoms with Gasteiger partial charge in [0.05, 0.1) is 0 Å². The highest BCUT2D eigenvalue weighted by atomic mass is 16.5. The minimum Gasteiger partial charge on any atom is -0.460 e. The van der Waals surface area contributed by atoms with Gasteiger partial charge < -0.3 is 10.1 Å². The summed E-state index contributed by atoms with van der Waals surface area (Å²) in [6, 6.07) is 0.525. The second-order valence-corrected chi connectivity index (χ2v) is 6.04. The van der Waals surface area contributed by atoms with Gasteiger partial charge in [0.1, 0.15) is 6.10 Å². The molecule has 0 aliphatic heterocycles. The Morgan fingerprint density at radius 3 is 2.61 bits per heavy atom. The summed E-state index contributed by atoms with van der Waals surface area (Å²) in [6.07, 6.45) is 5.74. The Hall–Kier alpha value is -1.16. The molecule has 4 nitrogen and oxygen atoms in total. The highest BCUT2D eigenvalue weighted by Crippen LogP contribution is 2.23. The predicted octanol–water partition coefficient (Wildman–Crippen LogP) is 2.60.